The number of rotatable bonds is 5. The van der Waals surface area contributed by atoms with E-state index in [4.69, 9.17) is 17.5 Å². The fraction of sp³-hybridized carbons (Fsp3) is 0.294. The smallest absolute Gasteiger partial charge is 0.221 e. The fourth-order valence-corrected chi connectivity index (χ4v) is 2.85. The van der Waals surface area contributed by atoms with Crippen LogP contribution in [-0.4, -0.2) is 49.9 Å². The van der Waals surface area contributed by atoms with Gasteiger partial charge in [-0.05, 0) is 23.6 Å². The second-order valence-electron chi connectivity index (χ2n) is 5.51. The van der Waals surface area contributed by atoms with Gasteiger partial charge in [-0.1, -0.05) is 12.7 Å². The number of benzene rings is 1. The van der Waals surface area contributed by atoms with Crippen molar-refractivity contribution in [1.29, 1.82) is 0 Å². The Morgan fingerprint density at radius 3 is 2.96 bits per heavy atom. The number of carbonyl (C=O) groups is 1. The largest absolute Gasteiger partial charge is 0.496 e. The highest BCUT2D eigenvalue weighted by molar-refractivity contribution is 6.06. The van der Waals surface area contributed by atoms with Crippen LogP contribution in [0.3, 0.4) is 0 Å². The molecule has 1 aromatic heterocycles. The lowest BCUT2D eigenvalue weighted by molar-refractivity contribution is -0.110. The van der Waals surface area contributed by atoms with E-state index in [1.807, 2.05) is 18.2 Å². The molecule has 2 atom stereocenters. The average Bonchev–Trinajstić information content (AvgIpc) is 2.93. The number of pyridine rings is 1. The van der Waals surface area contributed by atoms with Crippen molar-refractivity contribution < 1.29 is 14.3 Å². The molecule has 116 valence electrons. The maximum Gasteiger partial charge on any atom is 0.221 e. The maximum absolute atomic E-state index is 11.0. The van der Waals surface area contributed by atoms with Crippen molar-refractivity contribution in [3.05, 3.63) is 36.5 Å². The molecule has 3 rings (SSSR count). The number of aromatic nitrogens is 1. The number of nitrogens with zero attached hydrogens (tertiary/aromatic N) is 2. The van der Waals surface area contributed by atoms with Crippen LogP contribution in [0.15, 0.2) is 31.0 Å². The van der Waals surface area contributed by atoms with Crippen LogP contribution in [0.5, 0.6) is 11.6 Å². The topological polar surface area (TPSA) is 51.7 Å². The molecule has 0 aliphatic carbocycles. The molecule has 2 aromatic rings. The van der Waals surface area contributed by atoms with Crippen molar-refractivity contribution in [2.75, 3.05) is 13.7 Å². The second-order valence-corrected chi connectivity index (χ2v) is 5.51. The molecule has 5 nitrogen and oxygen atoms in total. The molecular weight excluding hydrogens is 291 g/mol. The van der Waals surface area contributed by atoms with Crippen LogP contribution >= 0.6 is 0 Å². The zero-order chi connectivity index (χ0) is 16.4. The minimum Gasteiger partial charge on any atom is -0.496 e. The van der Waals surface area contributed by atoms with Crippen LogP contribution in [0.25, 0.3) is 16.8 Å². The van der Waals surface area contributed by atoms with Gasteiger partial charge in [-0.15, -0.1) is 0 Å². The van der Waals surface area contributed by atoms with E-state index in [0.717, 1.165) is 28.4 Å². The summed E-state index contributed by atoms with van der Waals surface area (Å²) in [6.45, 7) is 4.30. The van der Waals surface area contributed by atoms with Gasteiger partial charge in [0.15, 0.2) is 7.98 Å². The summed E-state index contributed by atoms with van der Waals surface area (Å²) < 4.78 is 11.4. The molecular formula is C17H17BN2O3. The third-order valence-electron chi connectivity index (χ3n) is 4.08. The molecule has 6 heteroatoms. The van der Waals surface area contributed by atoms with E-state index in [1.165, 1.54) is 4.81 Å². The molecule has 1 aromatic carbocycles. The minimum atomic E-state index is -0.307. The number of ether oxygens (including phenoxy) is 2. The van der Waals surface area contributed by atoms with Crippen LogP contribution in [0, 0.1) is 0 Å². The van der Waals surface area contributed by atoms with E-state index < -0.39 is 0 Å². The van der Waals surface area contributed by atoms with Crippen molar-refractivity contribution in [2.45, 2.75) is 18.6 Å². The number of hydrogen-bond acceptors (Lipinski definition) is 5. The zero-order valence-corrected chi connectivity index (χ0v) is 12.9. The lowest BCUT2D eigenvalue weighted by Gasteiger charge is -2.15. The van der Waals surface area contributed by atoms with Gasteiger partial charge in [-0.25, -0.2) is 4.98 Å². The monoisotopic (exact) mass is 308 g/mol. The third-order valence-corrected chi connectivity index (χ3v) is 4.08. The van der Waals surface area contributed by atoms with Crippen molar-refractivity contribution in [3.63, 3.8) is 0 Å². The van der Waals surface area contributed by atoms with Crippen molar-refractivity contribution >= 4 is 31.1 Å². The maximum atomic E-state index is 11.0. The molecule has 0 spiro atoms. The van der Waals surface area contributed by atoms with Gasteiger partial charge in [-0.2, -0.15) is 0 Å². The van der Waals surface area contributed by atoms with Gasteiger partial charge >= 0.3 is 0 Å². The molecule has 0 saturated carbocycles. The Balaban J connectivity index is 1.95. The van der Waals surface area contributed by atoms with Crippen LogP contribution in [-0.2, 0) is 4.79 Å². The first-order valence-corrected chi connectivity index (χ1v) is 7.38. The van der Waals surface area contributed by atoms with E-state index >= 15 is 0 Å². The van der Waals surface area contributed by atoms with Gasteiger partial charge in [0, 0.05) is 30.1 Å². The summed E-state index contributed by atoms with van der Waals surface area (Å²) in [4.78, 5) is 16.8. The number of fused-ring (bicyclic) bond motifs is 1. The molecule has 0 N–H and O–H groups in total. The number of carbonyl (C=O) groups excluding carboxylic acids is 1. The van der Waals surface area contributed by atoms with E-state index in [9.17, 15) is 4.79 Å². The Morgan fingerprint density at radius 1 is 1.48 bits per heavy atom. The molecule has 0 amide bonds. The lowest BCUT2D eigenvalue weighted by Crippen LogP contribution is -2.28. The molecule has 2 heterocycles. The van der Waals surface area contributed by atoms with Crippen molar-refractivity contribution in [3.8, 4) is 11.6 Å². The summed E-state index contributed by atoms with van der Waals surface area (Å²) in [5.41, 5.74) is 0.871. The first kappa shape index (κ1) is 15.6. The quantitative estimate of drug-likeness (QED) is 0.624. The molecule has 1 saturated heterocycles. The summed E-state index contributed by atoms with van der Waals surface area (Å²) in [7, 11) is 7.43. The third kappa shape index (κ3) is 2.94. The predicted molar refractivity (Wildman–Crippen MR) is 89.7 cm³/mol. The van der Waals surface area contributed by atoms with E-state index in [-0.39, 0.29) is 12.1 Å². The van der Waals surface area contributed by atoms with Crippen LogP contribution in [0.2, 0.25) is 0 Å². The molecule has 2 radical (unpaired) electrons. The van der Waals surface area contributed by atoms with Crippen LogP contribution in [0.4, 0.5) is 0 Å². The zero-order valence-electron chi connectivity index (χ0n) is 12.9. The Labute approximate surface area is 136 Å². The lowest BCUT2D eigenvalue weighted by atomic mass is 10.1. The summed E-state index contributed by atoms with van der Waals surface area (Å²) in [5.74, 6) is 1.28. The number of methoxy groups -OCH3 is 1. The highest BCUT2D eigenvalue weighted by atomic mass is 16.5. The van der Waals surface area contributed by atoms with E-state index in [0.29, 0.717) is 18.8 Å². The highest BCUT2D eigenvalue weighted by Gasteiger charge is 2.30. The molecule has 0 unspecified atom stereocenters. The van der Waals surface area contributed by atoms with Crippen molar-refractivity contribution in [2.24, 2.45) is 0 Å². The van der Waals surface area contributed by atoms with Crippen LogP contribution < -0.4 is 9.47 Å². The van der Waals surface area contributed by atoms with Gasteiger partial charge in [0.1, 0.15) is 18.1 Å². The highest BCUT2D eigenvalue weighted by Crippen LogP contribution is 2.32. The molecule has 0 bridgehead atoms. The Bertz CT molecular complexity index is 750. The van der Waals surface area contributed by atoms with E-state index in [1.54, 1.807) is 19.4 Å². The van der Waals surface area contributed by atoms with E-state index in [2.05, 4.69) is 11.6 Å². The fourth-order valence-electron chi connectivity index (χ4n) is 2.85. The molecule has 1 aliphatic heterocycles. The van der Waals surface area contributed by atoms with Gasteiger partial charge < -0.3 is 19.1 Å². The first-order chi connectivity index (χ1) is 11.2. The molecule has 1 fully saturated rings. The Kier molecular flexibility index (Phi) is 4.34. The van der Waals surface area contributed by atoms with Gasteiger partial charge in [0.25, 0.3) is 0 Å². The second kappa shape index (κ2) is 6.42. The van der Waals surface area contributed by atoms with Gasteiger partial charge in [-0.3, -0.25) is 0 Å². The summed E-state index contributed by atoms with van der Waals surface area (Å²) in [6, 6.07) is 5.46. The first-order valence-electron chi connectivity index (χ1n) is 7.38. The Hall–Kier alpha value is -2.34. The standard InChI is InChI=1S/C17H17BN2O3/c1-3-11-6-15-12(7-16(11)22-2)4-5-19-17(15)23-14-8-13(10-21)20(18)9-14/h3-7,10,13-14H,1,8-9H2,2H3/t13-,14+/m0/s1. The van der Waals surface area contributed by atoms with Crippen molar-refractivity contribution in [1.82, 2.24) is 9.79 Å². The summed E-state index contributed by atoms with van der Waals surface area (Å²) in [6.07, 6.45) is 4.66. The van der Waals surface area contributed by atoms with Gasteiger partial charge in [0.05, 0.1) is 13.2 Å². The summed E-state index contributed by atoms with van der Waals surface area (Å²) >= 11 is 0. The Morgan fingerprint density at radius 2 is 2.30 bits per heavy atom. The minimum absolute atomic E-state index is 0.164. The predicted octanol–water partition coefficient (Wildman–Crippen LogP) is 1.99. The molecule has 23 heavy (non-hydrogen) atoms. The average molecular weight is 308 g/mol. The number of hydrogen-bond donors (Lipinski definition) is 0. The van der Waals surface area contributed by atoms with Gasteiger partial charge in [0.2, 0.25) is 5.88 Å². The summed E-state index contributed by atoms with van der Waals surface area (Å²) in [5, 5.41) is 1.84. The number of aldehydes is 1. The molecule has 1 aliphatic rings. The van der Waals surface area contributed by atoms with Crippen LogP contribution in [0.1, 0.15) is 12.0 Å². The SMILES string of the molecule is [B]N1C[C@H](Oc2nccc3cc(OC)c(C=C)cc23)C[C@H]1C=O. The normalized spacial score (nSPS) is 21.3.